The lowest BCUT2D eigenvalue weighted by Crippen LogP contribution is -2.54. The molecule has 0 saturated heterocycles. The third kappa shape index (κ3) is 20.2. The van der Waals surface area contributed by atoms with Crippen LogP contribution in [0.3, 0.4) is 0 Å². The lowest BCUT2D eigenvalue weighted by Gasteiger charge is -2.20. The van der Waals surface area contributed by atoms with E-state index in [-0.39, 0.29) is 57.3 Å². The molecule has 3 unspecified atom stereocenters. The monoisotopic (exact) mass is 609 g/mol. The highest BCUT2D eigenvalue weighted by Crippen LogP contribution is 2.11. The van der Waals surface area contributed by atoms with Gasteiger partial charge in [0.05, 0.1) is 39.0 Å². The van der Waals surface area contributed by atoms with Gasteiger partial charge in [-0.05, 0) is 13.8 Å². The van der Waals surface area contributed by atoms with Crippen LogP contribution in [-0.2, 0) is 33.4 Å². The SMILES string of the molecule is CCNC(=O)OCCC(CSCC(N)C(=O)NC(CO)C(=O)NCCOCCC(=O)NCC(N)=O)OC(=O)NCC. The molecule has 0 heterocycles. The molecule has 0 spiro atoms. The second kappa shape index (κ2) is 23.4. The van der Waals surface area contributed by atoms with Crippen molar-refractivity contribution in [3.05, 3.63) is 0 Å². The van der Waals surface area contributed by atoms with E-state index in [1.165, 1.54) is 11.8 Å². The molecule has 17 nitrogen and oxygen atoms in total. The number of thioether (sulfide) groups is 1. The number of ether oxygens (including phenoxy) is 3. The first kappa shape index (κ1) is 37.6. The average molecular weight is 610 g/mol. The fourth-order valence-corrected chi connectivity index (χ4v) is 3.82. The van der Waals surface area contributed by atoms with Crippen LogP contribution in [0.4, 0.5) is 9.59 Å². The maximum absolute atomic E-state index is 12.4. The van der Waals surface area contributed by atoms with Gasteiger partial charge in [-0.3, -0.25) is 19.2 Å². The van der Waals surface area contributed by atoms with Crippen LogP contribution in [0, 0.1) is 0 Å². The maximum atomic E-state index is 12.4. The van der Waals surface area contributed by atoms with Gasteiger partial charge in [0.15, 0.2) is 0 Å². The molecule has 0 aromatic heterocycles. The predicted octanol–water partition coefficient (Wildman–Crippen LogP) is -3.10. The van der Waals surface area contributed by atoms with Crippen molar-refractivity contribution in [1.82, 2.24) is 26.6 Å². The molecule has 0 rings (SSSR count). The fraction of sp³-hybridized carbons (Fsp3) is 0.739. The van der Waals surface area contributed by atoms with E-state index in [1.54, 1.807) is 13.8 Å². The Morgan fingerprint density at radius 1 is 0.878 bits per heavy atom. The lowest BCUT2D eigenvalue weighted by atomic mass is 10.2. The number of hydrogen-bond acceptors (Lipinski definition) is 12. The smallest absolute Gasteiger partial charge is 0.407 e. The van der Waals surface area contributed by atoms with Gasteiger partial charge in [0.1, 0.15) is 12.1 Å². The van der Waals surface area contributed by atoms with Gasteiger partial charge in [0, 0.05) is 44.0 Å². The minimum Gasteiger partial charge on any atom is -0.449 e. The highest BCUT2D eigenvalue weighted by atomic mass is 32.2. The Hall–Kier alpha value is -3.35. The molecule has 0 aliphatic rings. The maximum Gasteiger partial charge on any atom is 0.407 e. The molecular formula is C23H43N7O10S. The number of nitrogens with one attached hydrogen (secondary N) is 5. The van der Waals surface area contributed by atoms with Crippen molar-refractivity contribution in [3.63, 3.8) is 0 Å². The van der Waals surface area contributed by atoms with Gasteiger partial charge in [-0.2, -0.15) is 11.8 Å². The van der Waals surface area contributed by atoms with E-state index in [4.69, 9.17) is 25.7 Å². The first-order valence-electron chi connectivity index (χ1n) is 13.0. The number of amides is 6. The Morgan fingerprint density at radius 2 is 1.56 bits per heavy atom. The molecule has 0 fully saturated rings. The molecule has 0 bridgehead atoms. The van der Waals surface area contributed by atoms with Crippen LogP contribution in [0.5, 0.6) is 0 Å². The molecule has 0 radical (unpaired) electrons. The molecule has 0 saturated carbocycles. The third-order valence-corrected chi connectivity index (χ3v) is 6.02. The van der Waals surface area contributed by atoms with E-state index < -0.39 is 60.6 Å². The van der Waals surface area contributed by atoms with Crippen molar-refractivity contribution in [2.75, 3.05) is 64.1 Å². The molecule has 0 aromatic carbocycles. The lowest BCUT2D eigenvalue weighted by molar-refractivity contribution is -0.130. The topological polar surface area (TPSA) is 263 Å². The molecule has 18 heteroatoms. The number of alkyl carbamates (subject to hydrolysis) is 2. The van der Waals surface area contributed by atoms with Crippen LogP contribution >= 0.6 is 11.8 Å². The first-order valence-corrected chi connectivity index (χ1v) is 14.2. The van der Waals surface area contributed by atoms with Crippen LogP contribution in [0.15, 0.2) is 0 Å². The van der Waals surface area contributed by atoms with Crippen LogP contribution in [0.25, 0.3) is 0 Å². The zero-order chi connectivity index (χ0) is 31.0. The second-order valence-electron chi connectivity index (χ2n) is 8.30. The summed E-state index contributed by atoms with van der Waals surface area (Å²) in [5.74, 6) is -2.05. The molecule has 10 N–H and O–H groups in total. The van der Waals surface area contributed by atoms with Crippen LogP contribution in [0.2, 0.25) is 0 Å². The first-order chi connectivity index (χ1) is 19.5. The summed E-state index contributed by atoms with van der Waals surface area (Å²) in [5.41, 5.74) is 10.8. The summed E-state index contributed by atoms with van der Waals surface area (Å²) in [4.78, 5) is 70.0. The molecule has 41 heavy (non-hydrogen) atoms. The zero-order valence-corrected chi connectivity index (χ0v) is 24.2. The molecule has 0 aliphatic heterocycles. The number of nitrogens with two attached hydrogens (primary N) is 2. The summed E-state index contributed by atoms with van der Waals surface area (Å²) in [6.45, 7) is 3.46. The molecule has 236 valence electrons. The number of carbonyl (C=O) groups is 6. The van der Waals surface area contributed by atoms with Crippen molar-refractivity contribution in [1.29, 1.82) is 0 Å². The quantitative estimate of drug-likeness (QED) is 0.0568. The van der Waals surface area contributed by atoms with Gasteiger partial charge in [0.2, 0.25) is 23.6 Å². The number of aliphatic hydroxyl groups is 1. The summed E-state index contributed by atoms with van der Waals surface area (Å²) in [7, 11) is 0. The van der Waals surface area contributed by atoms with Gasteiger partial charge in [-0.1, -0.05) is 0 Å². The van der Waals surface area contributed by atoms with Crippen LogP contribution in [-0.4, -0.2) is 123 Å². The molecular weight excluding hydrogens is 566 g/mol. The summed E-state index contributed by atoms with van der Waals surface area (Å²) < 4.78 is 15.6. The Kier molecular flexibility index (Phi) is 21.5. The standard InChI is InChI=1S/C23H43N7O10S/c1-3-26-22(36)39-9-5-15(40-23(37)27-4-2)13-41-14-16(24)20(34)30-17(12-31)21(35)28-7-10-38-8-6-19(33)29-11-18(25)32/h15-17,31H,3-14,24H2,1-2H3,(H2,25,32)(H,26,36)(H,27,37)(H,28,35)(H,29,33)(H,30,34). The average Bonchev–Trinajstić information content (AvgIpc) is 2.92. The molecule has 0 aliphatic carbocycles. The van der Waals surface area contributed by atoms with E-state index in [0.29, 0.717) is 13.1 Å². The highest BCUT2D eigenvalue weighted by molar-refractivity contribution is 7.99. The minimum atomic E-state index is -1.25. The Balaban J connectivity index is 4.45. The Morgan fingerprint density at radius 3 is 2.20 bits per heavy atom. The number of carbonyl (C=O) groups excluding carboxylic acids is 6. The van der Waals surface area contributed by atoms with E-state index in [2.05, 4.69) is 26.6 Å². The largest absolute Gasteiger partial charge is 0.449 e. The number of primary amides is 1. The Labute approximate surface area is 242 Å². The number of aliphatic hydroxyl groups excluding tert-OH is 1. The zero-order valence-electron chi connectivity index (χ0n) is 23.4. The van der Waals surface area contributed by atoms with Crippen molar-refractivity contribution < 1.29 is 48.1 Å². The molecule has 6 amide bonds. The second-order valence-corrected chi connectivity index (χ2v) is 9.37. The normalized spacial score (nSPS) is 12.7. The summed E-state index contributed by atoms with van der Waals surface area (Å²) in [5, 5.41) is 21.7. The third-order valence-electron chi connectivity index (χ3n) is 4.82. The van der Waals surface area contributed by atoms with Gasteiger partial charge in [-0.15, -0.1) is 0 Å². The van der Waals surface area contributed by atoms with Gasteiger partial charge in [-0.25, -0.2) is 9.59 Å². The van der Waals surface area contributed by atoms with E-state index in [0.717, 1.165) is 0 Å². The number of rotatable bonds is 22. The van der Waals surface area contributed by atoms with E-state index in [9.17, 15) is 33.9 Å². The summed E-state index contributed by atoms with van der Waals surface area (Å²) in [6.07, 6.45) is -1.63. The summed E-state index contributed by atoms with van der Waals surface area (Å²) >= 11 is 1.22. The van der Waals surface area contributed by atoms with Crippen LogP contribution < -0.4 is 38.1 Å². The van der Waals surface area contributed by atoms with Crippen LogP contribution in [0.1, 0.15) is 26.7 Å². The van der Waals surface area contributed by atoms with Gasteiger partial charge >= 0.3 is 12.2 Å². The van der Waals surface area contributed by atoms with Crippen molar-refractivity contribution in [3.8, 4) is 0 Å². The predicted molar refractivity (Wildman–Crippen MR) is 149 cm³/mol. The molecule has 0 aromatic rings. The van der Waals surface area contributed by atoms with E-state index in [1.807, 2.05) is 0 Å². The Bertz CT molecular complexity index is 837. The van der Waals surface area contributed by atoms with Gasteiger partial charge < -0.3 is 57.4 Å². The van der Waals surface area contributed by atoms with Crippen molar-refractivity contribution in [2.45, 2.75) is 44.9 Å². The minimum absolute atomic E-state index is 0.00481. The van der Waals surface area contributed by atoms with Gasteiger partial charge in [0.25, 0.3) is 0 Å². The molecule has 3 atom stereocenters. The van der Waals surface area contributed by atoms with Crippen molar-refractivity contribution in [2.24, 2.45) is 11.5 Å². The van der Waals surface area contributed by atoms with Crippen molar-refractivity contribution >= 4 is 47.6 Å². The van der Waals surface area contributed by atoms with E-state index >= 15 is 0 Å². The fourth-order valence-electron chi connectivity index (χ4n) is 2.78. The number of hydrogen-bond donors (Lipinski definition) is 8. The summed E-state index contributed by atoms with van der Waals surface area (Å²) in [6, 6.07) is -2.29. The highest BCUT2D eigenvalue weighted by Gasteiger charge is 2.24.